The Balaban J connectivity index is 1.92. The molecule has 2 aliphatic heterocycles. The van der Waals surface area contributed by atoms with Crippen molar-refractivity contribution in [2.45, 2.75) is 31.8 Å². The maximum Gasteiger partial charge on any atom is 0.127 e. The SMILES string of the molecule is CC1(C)C=Cc2cc(C3CCNC3)ccc2O1. The van der Waals surface area contributed by atoms with Crippen LogP contribution in [0.5, 0.6) is 5.75 Å². The van der Waals surface area contributed by atoms with Crippen molar-refractivity contribution >= 4 is 6.08 Å². The molecule has 1 atom stereocenters. The zero-order chi connectivity index (χ0) is 11.9. The molecule has 1 fully saturated rings. The number of benzene rings is 1. The Bertz CT molecular complexity index is 456. The van der Waals surface area contributed by atoms with Crippen molar-refractivity contribution in [3.05, 3.63) is 35.4 Å². The van der Waals surface area contributed by atoms with Gasteiger partial charge in [-0.15, -0.1) is 0 Å². The number of nitrogens with one attached hydrogen (secondary N) is 1. The van der Waals surface area contributed by atoms with Crippen LogP contribution in [-0.2, 0) is 0 Å². The molecule has 1 saturated heterocycles. The van der Waals surface area contributed by atoms with Crippen LogP contribution in [0.1, 0.15) is 37.3 Å². The largest absolute Gasteiger partial charge is 0.483 e. The Morgan fingerprint density at radius 1 is 1.35 bits per heavy atom. The number of ether oxygens (including phenoxy) is 1. The first-order chi connectivity index (χ1) is 8.14. The molecule has 1 aromatic rings. The van der Waals surface area contributed by atoms with Gasteiger partial charge in [-0.05, 0) is 56.5 Å². The third kappa shape index (κ3) is 2.09. The number of fused-ring (bicyclic) bond motifs is 1. The first-order valence-corrected chi connectivity index (χ1v) is 6.37. The van der Waals surface area contributed by atoms with Crippen LogP contribution in [0.4, 0.5) is 0 Å². The fraction of sp³-hybridized carbons (Fsp3) is 0.467. The summed E-state index contributed by atoms with van der Waals surface area (Å²) >= 11 is 0. The van der Waals surface area contributed by atoms with Gasteiger partial charge in [-0.3, -0.25) is 0 Å². The molecule has 2 heterocycles. The summed E-state index contributed by atoms with van der Waals surface area (Å²) in [5.74, 6) is 1.68. The smallest absolute Gasteiger partial charge is 0.127 e. The van der Waals surface area contributed by atoms with Crippen molar-refractivity contribution in [1.29, 1.82) is 0 Å². The van der Waals surface area contributed by atoms with Crippen molar-refractivity contribution < 1.29 is 4.74 Å². The normalized spacial score (nSPS) is 25.4. The lowest BCUT2D eigenvalue weighted by Crippen LogP contribution is -2.27. The van der Waals surface area contributed by atoms with Crippen LogP contribution in [-0.4, -0.2) is 18.7 Å². The summed E-state index contributed by atoms with van der Waals surface area (Å²) in [4.78, 5) is 0. The Kier molecular flexibility index (Phi) is 2.48. The standard InChI is InChI=1S/C15H19NO/c1-15(2)7-5-12-9-11(3-4-14(12)17-15)13-6-8-16-10-13/h3-5,7,9,13,16H,6,8,10H2,1-2H3. The molecule has 1 aromatic carbocycles. The molecule has 1 N–H and O–H groups in total. The summed E-state index contributed by atoms with van der Waals surface area (Å²) in [7, 11) is 0. The highest BCUT2D eigenvalue weighted by Gasteiger charge is 2.23. The average Bonchev–Trinajstić information content (AvgIpc) is 2.81. The van der Waals surface area contributed by atoms with Gasteiger partial charge in [0.15, 0.2) is 0 Å². The van der Waals surface area contributed by atoms with Crippen LogP contribution >= 0.6 is 0 Å². The van der Waals surface area contributed by atoms with Gasteiger partial charge in [-0.1, -0.05) is 12.1 Å². The molecule has 0 aromatic heterocycles. The van der Waals surface area contributed by atoms with E-state index in [0.717, 1.165) is 18.8 Å². The van der Waals surface area contributed by atoms with Gasteiger partial charge in [0.1, 0.15) is 11.4 Å². The topological polar surface area (TPSA) is 21.3 Å². The Labute approximate surface area is 103 Å². The van der Waals surface area contributed by atoms with Crippen molar-refractivity contribution in [3.8, 4) is 5.75 Å². The molecule has 1 unspecified atom stereocenters. The summed E-state index contributed by atoms with van der Waals surface area (Å²) in [6, 6.07) is 6.61. The van der Waals surface area contributed by atoms with Gasteiger partial charge in [0.2, 0.25) is 0 Å². The second-order valence-electron chi connectivity index (χ2n) is 5.53. The van der Waals surface area contributed by atoms with Crippen molar-refractivity contribution in [1.82, 2.24) is 5.32 Å². The third-order valence-electron chi connectivity index (χ3n) is 3.60. The monoisotopic (exact) mass is 229 g/mol. The fourth-order valence-electron chi connectivity index (χ4n) is 2.59. The Morgan fingerprint density at radius 2 is 2.24 bits per heavy atom. The summed E-state index contributed by atoms with van der Waals surface area (Å²) in [6.45, 7) is 6.42. The van der Waals surface area contributed by atoms with E-state index in [2.05, 4.69) is 49.5 Å². The molecule has 0 aliphatic carbocycles. The van der Waals surface area contributed by atoms with E-state index in [9.17, 15) is 0 Å². The van der Waals surface area contributed by atoms with Gasteiger partial charge in [0.05, 0.1) is 0 Å². The van der Waals surface area contributed by atoms with Crippen LogP contribution in [0.15, 0.2) is 24.3 Å². The molecule has 0 bridgehead atoms. The summed E-state index contributed by atoms with van der Waals surface area (Å²) < 4.78 is 5.93. The maximum atomic E-state index is 5.93. The zero-order valence-corrected chi connectivity index (χ0v) is 10.5. The second kappa shape index (κ2) is 3.88. The number of hydrogen-bond acceptors (Lipinski definition) is 2. The van der Waals surface area contributed by atoms with Gasteiger partial charge >= 0.3 is 0 Å². The van der Waals surface area contributed by atoms with E-state index in [1.807, 2.05) is 0 Å². The first kappa shape index (κ1) is 10.8. The minimum absolute atomic E-state index is 0.177. The van der Waals surface area contributed by atoms with E-state index in [0.29, 0.717) is 5.92 Å². The predicted octanol–water partition coefficient (Wildman–Crippen LogP) is 2.95. The molecule has 2 nitrogen and oxygen atoms in total. The number of hydrogen-bond donors (Lipinski definition) is 1. The van der Waals surface area contributed by atoms with Crippen LogP contribution < -0.4 is 10.1 Å². The molecule has 2 aliphatic rings. The molecule has 0 spiro atoms. The summed E-state index contributed by atoms with van der Waals surface area (Å²) in [6.07, 6.45) is 5.56. The van der Waals surface area contributed by atoms with Gasteiger partial charge in [0.25, 0.3) is 0 Å². The van der Waals surface area contributed by atoms with Crippen LogP contribution in [0.2, 0.25) is 0 Å². The minimum Gasteiger partial charge on any atom is -0.483 e. The zero-order valence-electron chi connectivity index (χ0n) is 10.5. The fourth-order valence-corrected chi connectivity index (χ4v) is 2.59. The number of rotatable bonds is 1. The summed E-state index contributed by atoms with van der Waals surface area (Å²) in [5.41, 5.74) is 2.47. The van der Waals surface area contributed by atoms with Crippen LogP contribution in [0.3, 0.4) is 0 Å². The van der Waals surface area contributed by atoms with Gasteiger partial charge < -0.3 is 10.1 Å². The highest BCUT2D eigenvalue weighted by Crippen LogP contribution is 2.34. The van der Waals surface area contributed by atoms with Crippen LogP contribution in [0, 0.1) is 0 Å². The molecule has 0 amide bonds. The lowest BCUT2D eigenvalue weighted by atomic mass is 9.94. The van der Waals surface area contributed by atoms with Crippen molar-refractivity contribution in [2.75, 3.05) is 13.1 Å². The van der Waals surface area contributed by atoms with Crippen molar-refractivity contribution in [2.24, 2.45) is 0 Å². The third-order valence-corrected chi connectivity index (χ3v) is 3.60. The van der Waals surface area contributed by atoms with E-state index < -0.39 is 0 Å². The first-order valence-electron chi connectivity index (χ1n) is 6.37. The highest BCUT2D eigenvalue weighted by atomic mass is 16.5. The average molecular weight is 229 g/mol. The molecular weight excluding hydrogens is 210 g/mol. The molecule has 3 rings (SSSR count). The Morgan fingerprint density at radius 3 is 3.00 bits per heavy atom. The highest BCUT2D eigenvalue weighted by molar-refractivity contribution is 5.62. The van der Waals surface area contributed by atoms with Crippen LogP contribution in [0.25, 0.3) is 6.08 Å². The second-order valence-corrected chi connectivity index (χ2v) is 5.53. The molecule has 90 valence electrons. The summed E-state index contributed by atoms with van der Waals surface area (Å²) in [5, 5.41) is 3.41. The molecule has 17 heavy (non-hydrogen) atoms. The molecular formula is C15H19NO. The predicted molar refractivity (Wildman–Crippen MR) is 70.4 cm³/mol. The van der Waals surface area contributed by atoms with Gasteiger partial charge in [0, 0.05) is 12.1 Å². The maximum absolute atomic E-state index is 5.93. The lowest BCUT2D eigenvalue weighted by Gasteiger charge is -2.28. The quantitative estimate of drug-likeness (QED) is 0.799. The molecule has 0 radical (unpaired) electrons. The van der Waals surface area contributed by atoms with E-state index in [-0.39, 0.29) is 5.60 Å². The van der Waals surface area contributed by atoms with E-state index in [1.165, 1.54) is 17.5 Å². The molecule has 0 saturated carbocycles. The van der Waals surface area contributed by atoms with Gasteiger partial charge in [-0.2, -0.15) is 0 Å². The van der Waals surface area contributed by atoms with Gasteiger partial charge in [-0.25, -0.2) is 0 Å². The minimum atomic E-state index is -0.177. The van der Waals surface area contributed by atoms with E-state index in [1.54, 1.807) is 0 Å². The van der Waals surface area contributed by atoms with E-state index in [4.69, 9.17) is 4.74 Å². The van der Waals surface area contributed by atoms with Crippen molar-refractivity contribution in [3.63, 3.8) is 0 Å². The molecule has 2 heteroatoms. The van der Waals surface area contributed by atoms with E-state index >= 15 is 0 Å². The lowest BCUT2D eigenvalue weighted by molar-refractivity contribution is 0.159. The Hall–Kier alpha value is -1.28.